The number of hydrogen-bond donors (Lipinski definition) is 1. The molecule has 22 heavy (non-hydrogen) atoms. The Morgan fingerprint density at radius 3 is 2.91 bits per heavy atom. The maximum absolute atomic E-state index is 12.0. The van der Waals surface area contributed by atoms with E-state index >= 15 is 0 Å². The van der Waals surface area contributed by atoms with Gasteiger partial charge in [-0.15, -0.1) is 0 Å². The first-order valence-electron chi connectivity index (χ1n) is 6.77. The van der Waals surface area contributed by atoms with Gasteiger partial charge in [-0.3, -0.25) is 9.48 Å². The van der Waals surface area contributed by atoms with Gasteiger partial charge in [-0.1, -0.05) is 23.7 Å². The molecule has 0 aliphatic heterocycles. The van der Waals surface area contributed by atoms with Crippen LogP contribution in [0.4, 0.5) is 5.69 Å². The highest BCUT2D eigenvalue weighted by Crippen LogP contribution is 2.20. The number of rotatable bonds is 5. The van der Waals surface area contributed by atoms with Gasteiger partial charge in [0.15, 0.2) is 0 Å². The van der Waals surface area contributed by atoms with E-state index in [2.05, 4.69) is 10.4 Å². The standard InChI is InChI=1S/C16H18ClN3O2/c1-11-14(16(17)20(2)19-11)7-8-15(21)18-13-6-4-5-12(9-13)10-22-3/h4-9H,10H2,1-3H3,(H,18,21)/b8-7+. The maximum Gasteiger partial charge on any atom is 0.248 e. The molecule has 116 valence electrons. The van der Waals surface area contributed by atoms with Crippen molar-refractivity contribution in [2.45, 2.75) is 13.5 Å². The third-order valence-corrected chi connectivity index (χ3v) is 3.55. The van der Waals surface area contributed by atoms with Crippen LogP contribution in [0, 0.1) is 6.92 Å². The molecule has 0 aliphatic rings. The van der Waals surface area contributed by atoms with E-state index in [0.717, 1.165) is 22.5 Å². The van der Waals surface area contributed by atoms with E-state index < -0.39 is 0 Å². The van der Waals surface area contributed by atoms with Gasteiger partial charge in [0.1, 0.15) is 5.15 Å². The van der Waals surface area contributed by atoms with Crippen LogP contribution in [-0.2, 0) is 23.2 Å². The Morgan fingerprint density at radius 2 is 2.27 bits per heavy atom. The molecule has 0 fully saturated rings. The van der Waals surface area contributed by atoms with E-state index in [1.807, 2.05) is 31.2 Å². The predicted octanol–water partition coefficient (Wildman–Crippen LogP) is 3.18. The lowest BCUT2D eigenvalue weighted by Crippen LogP contribution is -2.08. The highest BCUT2D eigenvalue weighted by Gasteiger charge is 2.08. The molecule has 0 aliphatic carbocycles. The summed E-state index contributed by atoms with van der Waals surface area (Å²) in [6.45, 7) is 2.35. The normalized spacial score (nSPS) is 11.1. The van der Waals surface area contributed by atoms with Gasteiger partial charge in [0.25, 0.3) is 0 Å². The average Bonchev–Trinajstić information content (AvgIpc) is 2.71. The molecule has 0 radical (unpaired) electrons. The largest absolute Gasteiger partial charge is 0.380 e. The lowest BCUT2D eigenvalue weighted by Gasteiger charge is -2.05. The molecule has 1 N–H and O–H groups in total. The minimum absolute atomic E-state index is 0.228. The summed E-state index contributed by atoms with van der Waals surface area (Å²) >= 11 is 6.12. The molecule has 0 unspecified atom stereocenters. The quantitative estimate of drug-likeness (QED) is 0.861. The number of aryl methyl sites for hydroxylation is 2. The fraction of sp³-hybridized carbons (Fsp3) is 0.250. The van der Waals surface area contributed by atoms with Crippen LogP contribution in [0.1, 0.15) is 16.8 Å². The van der Waals surface area contributed by atoms with Crippen LogP contribution in [0.5, 0.6) is 0 Å². The van der Waals surface area contributed by atoms with Crippen LogP contribution in [0.2, 0.25) is 5.15 Å². The molecule has 2 rings (SSSR count). The van der Waals surface area contributed by atoms with E-state index in [1.165, 1.54) is 6.08 Å². The smallest absolute Gasteiger partial charge is 0.248 e. The number of nitrogens with one attached hydrogen (secondary N) is 1. The Kier molecular flexibility index (Phi) is 5.35. The van der Waals surface area contributed by atoms with Crippen molar-refractivity contribution in [3.63, 3.8) is 0 Å². The number of hydrogen-bond acceptors (Lipinski definition) is 3. The minimum atomic E-state index is -0.228. The third-order valence-electron chi connectivity index (χ3n) is 3.10. The number of anilines is 1. The molecule has 5 nitrogen and oxygen atoms in total. The number of ether oxygens (including phenoxy) is 1. The van der Waals surface area contributed by atoms with Gasteiger partial charge in [-0.25, -0.2) is 0 Å². The minimum Gasteiger partial charge on any atom is -0.380 e. The second-order valence-corrected chi connectivity index (χ2v) is 5.23. The Hall–Kier alpha value is -2.11. The lowest BCUT2D eigenvalue weighted by atomic mass is 10.2. The van der Waals surface area contributed by atoms with Crippen molar-refractivity contribution in [1.82, 2.24) is 9.78 Å². The van der Waals surface area contributed by atoms with E-state index in [9.17, 15) is 4.79 Å². The zero-order chi connectivity index (χ0) is 16.1. The van der Waals surface area contributed by atoms with Gasteiger partial charge >= 0.3 is 0 Å². The van der Waals surface area contributed by atoms with Gasteiger partial charge in [-0.05, 0) is 30.7 Å². The number of halogens is 1. The molecule has 1 aromatic heterocycles. The Labute approximate surface area is 134 Å². The molecule has 0 bridgehead atoms. The third kappa shape index (κ3) is 3.96. The second-order valence-electron chi connectivity index (χ2n) is 4.87. The van der Waals surface area contributed by atoms with Gasteiger partial charge < -0.3 is 10.1 Å². The Balaban J connectivity index is 2.06. The van der Waals surface area contributed by atoms with Gasteiger partial charge in [0, 0.05) is 31.5 Å². The molecule has 0 spiro atoms. The van der Waals surface area contributed by atoms with Crippen molar-refractivity contribution < 1.29 is 9.53 Å². The number of aromatic nitrogens is 2. The van der Waals surface area contributed by atoms with Crippen LogP contribution < -0.4 is 5.32 Å². The molecule has 0 atom stereocenters. The summed E-state index contributed by atoms with van der Waals surface area (Å²) in [4.78, 5) is 12.0. The fourth-order valence-corrected chi connectivity index (χ4v) is 2.32. The first-order chi connectivity index (χ1) is 10.5. The highest BCUT2D eigenvalue weighted by molar-refractivity contribution is 6.31. The van der Waals surface area contributed by atoms with E-state index in [-0.39, 0.29) is 5.91 Å². The lowest BCUT2D eigenvalue weighted by molar-refractivity contribution is -0.111. The Bertz CT molecular complexity index is 707. The summed E-state index contributed by atoms with van der Waals surface area (Å²) in [5, 5.41) is 7.50. The van der Waals surface area contributed by atoms with Crippen LogP contribution in [-0.4, -0.2) is 22.8 Å². The van der Waals surface area contributed by atoms with Gasteiger partial charge in [0.05, 0.1) is 12.3 Å². The second kappa shape index (κ2) is 7.24. The number of benzene rings is 1. The van der Waals surface area contributed by atoms with Crippen LogP contribution in [0.3, 0.4) is 0 Å². The van der Waals surface area contributed by atoms with Crippen molar-refractivity contribution in [2.24, 2.45) is 7.05 Å². The molecule has 1 aromatic carbocycles. The topological polar surface area (TPSA) is 56.1 Å². The van der Waals surface area contributed by atoms with E-state index in [0.29, 0.717) is 11.8 Å². The highest BCUT2D eigenvalue weighted by atomic mass is 35.5. The summed E-state index contributed by atoms with van der Waals surface area (Å²) in [5.74, 6) is -0.228. The van der Waals surface area contributed by atoms with Crippen molar-refractivity contribution in [1.29, 1.82) is 0 Å². The van der Waals surface area contributed by atoms with Crippen LogP contribution >= 0.6 is 11.6 Å². The summed E-state index contributed by atoms with van der Waals surface area (Å²) in [6, 6.07) is 7.51. The van der Waals surface area contributed by atoms with Crippen molar-refractivity contribution in [3.8, 4) is 0 Å². The van der Waals surface area contributed by atoms with E-state index in [1.54, 1.807) is 24.9 Å². The molecular weight excluding hydrogens is 302 g/mol. The monoisotopic (exact) mass is 319 g/mol. The number of amides is 1. The molecule has 1 amide bonds. The summed E-state index contributed by atoms with van der Waals surface area (Å²) in [6.07, 6.45) is 3.11. The first kappa shape index (κ1) is 16.3. The molecule has 0 saturated heterocycles. The number of carbonyl (C=O) groups excluding carboxylic acids is 1. The molecule has 6 heteroatoms. The maximum atomic E-state index is 12.0. The van der Waals surface area contributed by atoms with Gasteiger partial charge in [0.2, 0.25) is 5.91 Å². The molecule has 2 aromatic rings. The molecule has 0 saturated carbocycles. The summed E-state index contributed by atoms with van der Waals surface area (Å²) in [7, 11) is 3.39. The zero-order valence-corrected chi connectivity index (χ0v) is 13.5. The SMILES string of the molecule is COCc1cccc(NC(=O)/C=C/c2c(C)nn(C)c2Cl)c1. The van der Waals surface area contributed by atoms with Crippen molar-refractivity contribution >= 4 is 29.3 Å². The number of nitrogens with zero attached hydrogens (tertiary/aromatic N) is 2. The average molecular weight is 320 g/mol. The predicted molar refractivity (Wildman–Crippen MR) is 87.8 cm³/mol. The zero-order valence-electron chi connectivity index (χ0n) is 12.8. The van der Waals surface area contributed by atoms with E-state index in [4.69, 9.17) is 16.3 Å². The van der Waals surface area contributed by atoms with Crippen molar-refractivity contribution in [2.75, 3.05) is 12.4 Å². The van der Waals surface area contributed by atoms with Crippen molar-refractivity contribution in [3.05, 3.63) is 52.3 Å². The van der Waals surface area contributed by atoms with Crippen LogP contribution in [0.15, 0.2) is 30.3 Å². The summed E-state index contributed by atoms with van der Waals surface area (Å²) < 4.78 is 6.64. The molecular formula is C16H18ClN3O2. The van der Waals surface area contributed by atoms with Crippen LogP contribution in [0.25, 0.3) is 6.08 Å². The molecule has 1 heterocycles. The van der Waals surface area contributed by atoms with Gasteiger partial charge in [-0.2, -0.15) is 5.10 Å². The number of methoxy groups -OCH3 is 1. The number of carbonyl (C=O) groups is 1. The Morgan fingerprint density at radius 1 is 1.50 bits per heavy atom. The summed E-state index contributed by atoms with van der Waals surface area (Å²) in [5.41, 5.74) is 3.24. The first-order valence-corrected chi connectivity index (χ1v) is 7.15. The fourth-order valence-electron chi connectivity index (χ4n) is 2.08.